The molecule has 0 fully saturated rings. The predicted octanol–water partition coefficient (Wildman–Crippen LogP) is 1.83. The van der Waals surface area contributed by atoms with Crippen molar-refractivity contribution in [3.8, 4) is 24.2 Å². The SMILES string of the molecule is C#CC(CC(C)C)OCCC#CC(C)O. The van der Waals surface area contributed by atoms with Crippen LogP contribution in [0.5, 0.6) is 0 Å². The van der Waals surface area contributed by atoms with E-state index in [1.165, 1.54) is 0 Å². The molecular formula is C13H20O2. The molecule has 0 rings (SSSR count). The van der Waals surface area contributed by atoms with Crippen LogP contribution in [0.4, 0.5) is 0 Å². The van der Waals surface area contributed by atoms with E-state index in [9.17, 15) is 0 Å². The fourth-order valence-corrected chi connectivity index (χ4v) is 1.08. The molecule has 1 N–H and O–H groups in total. The van der Waals surface area contributed by atoms with E-state index in [0.29, 0.717) is 18.9 Å². The lowest BCUT2D eigenvalue weighted by Crippen LogP contribution is -2.13. The molecule has 2 atom stereocenters. The molecule has 2 heteroatoms. The van der Waals surface area contributed by atoms with Crippen molar-refractivity contribution < 1.29 is 9.84 Å². The lowest BCUT2D eigenvalue weighted by Gasteiger charge is -2.13. The topological polar surface area (TPSA) is 29.5 Å². The van der Waals surface area contributed by atoms with E-state index in [1.54, 1.807) is 6.92 Å². The van der Waals surface area contributed by atoms with Gasteiger partial charge in [0.15, 0.2) is 0 Å². The number of ether oxygens (including phenoxy) is 1. The van der Waals surface area contributed by atoms with Crippen LogP contribution in [0.25, 0.3) is 0 Å². The van der Waals surface area contributed by atoms with Crippen molar-refractivity contribution in [2.75, 3.05) is 6.61 Å². The Bertz CT molecular complexity index is 250. The maximum absolute atomic E-state index is 8.88. The van der Waals surface area contributed by atoms with Gasteiger partial charge in [0.1, 0.15) is 12.2 Å². The maximum Gasteiger partial charge on any atom is 0.118 e. The standard InChI is InChI=1S/C13H20O2/c1-5-13(10-11(2)3)15-9-7-6-8-12(4)14/h1,11-14H,7,9-10H2,2-4H3. The molecule has 2 unspecified atom stereocenters. The first-order chi connectivity index (χ1) is 7.06. The zero-order valence-corrected chi connectivity index (χ0v) is 9.79. The molecule has 0 amide bonds. The Balaban J connectivity index is 3.66. The van der Waals surface area contributed by atoms with E-state index in [2.05, 4.69) is 31.6 Å². The Morgan fingerprint density at radius 2 is 2.00 bits per heavy atom. The van der Waals surface area contributed by atoms with Crippen molar-refractivity contribution in [1.29, 1.82) is 0 Å². The summed E-state index contributed by atoms with van der Waals surface area (Å²) in [4.78, 5) is 0. The second-order valence-corrected chi connectivity index (χ2v) is 3.90. The highest BCUT2D eigenvalue weighted by Gasteiger charge is 2.06. The summed E-state index contributed by atoms with van der Waals surface area (Å²) in [5, 5.41) is 8.88. The summed E-state index contributed by atoms with van der Waals surface area (Å²) in [5.41, 5.74) is 0. The van der Waals surface area contributed by atoms with E-state index in [1.807, 2.05) is 0 Å². The lowest BCUT2D eigenvalue weighted by molar-refractivity contribution is 0.0819. The van der Waals surface area contributed by atoms with Crippen molar-refractivity contribution >= 4 is 0 Å². The van der Waals surface area contributed by atoms with E-state index in [0.717, 1.165) is 6.42 Å². The van der Waals surface area contributed by atoms with Crippen LogP contribution in [0.2, 0.25) is 0 Å². The first-order valence-electron chi connectivity index (χ1n) is 5.30. The van der Waals surface area contributed by atoms with E-state index in [4.69, 9.17) is 16.3 Å². The summed E-state index contributed by atoms with van der Waals surface area (Å²) in [5.74, 6) is 8.63. The molecule has 0 saturated carbocycles. The Morgan fingerprint density at radius 1 is 1.33 bits per heavy atom. The van der Waals surface area contributed by atoms with E-state index >= 15 is 0 Å². The quantitative estimate of drug-likeness (QED) is 0.551. The van der Waals surface area contributed by atoms with Gasteiger partial charge >= 0.3 is 0 Å². The monoisotopic (exact) mass is 208 g/mol. The van der Waals surface area contributed by atoms with Gasteiger partial charge in [-0.1, -0.05) is 31.6 Å². The Hall–Kier alpha value is -0.960. The Labute approximate surface area is 93.0 Å². The number of hydrogen-bond acceptors (Lipinski definition) is 2. The molecule has 0 heterocycles. The minimum absolute atomic E-state index is 0.113. The van der Waals surface area contributed by atoms with Gasteiger partial charge < -0.3 is 9.84 Å². The highest BCUT2D eigenvalue weighted by atomic mass is 16.5. The molecular weight excluding hydrogens is 188 g/mol. The van der Waals surface area contributed by atoms with Gasteiger partial charge in [-0.15, -0.1) is 6.42 Å². The smallest absolute Gasteiger partial charge is 0.118 e. The molecule has 15 heavy (non-hydrogen) atoms. The van der Waals surface area contributed by atoms with Crippen LogP contribution in [-0.2, 0) is 4.74 Å². The first-order valence-corrected chi connectivity index (χ1v) is 5.30. The van der Waals surface area contributed by atoms with Crippen LogP contribution in [0.3, 0.4) is 0 Å². The van der Waals surface area contributed by atoms with E-state index in [-0.39, 0.29) is 6.10 Å². The van der Waals surface area contributed by atoms with Crippen molar-refractivity contribution in [2.24, 2.45) is 5.92 Å². The summed E-state index contributed by atoms with van der Waals surface area (Å²) in [6.45, 7) is 6.39. The summed E-state index contributed by atoms with van der Waals surface area (Å²) in [6, 6.07) is 0. The van der Waals surface area contributed by atoms with Gasteiger partial charge in [0.05, 0.1) is 6.61 Å². The Morgan fingerprint density at radius 3 is 2.47 bits per heavy atom. The number of terminal acetylenes is 1. The fourth-order valence-electron chi connectivity index (χ4n) is 1.08. The van der Waals surface area contributed by atoms with Crippen LogP contribution in [0, 0.1) is 30.1 Å². The summed E-state index contributed by atoms with van der Waals surface area (Å²) < 4.78 is 5.46. The van der Waals surface area contributed by atoms with Crippen molar-refractivity contribution in [1.82, 2.24) is 0 Å². The van der Waals surface area contributed by atoms with Gasteiger partial charge in [-0.2, -0.15) is 0 Å². The molecule has 0 aromatic rings. The van der Waals surface area contributed by atoms with Gasteiger partial charge in [-0.05, 0) is 19.3 Å². The van der Waals surface area contributed by atoms with Crippen LogP contribution >= 0.6 is 0 Å². The van der Waals surface area contributed by atoms with Crippen molar-refractivity contribution in [2.45, 2.75) is 45.8 Å². The van der Waals surface area contributed by atoms with Crippen molar-refractivity contribution in [3.05, 3.63) is 0 Å². The normalized spacial score (nSPS) is 13.9. The number of aliphatic hydroxyl groups excluding tert-OH is 1. The highest BCUT2D eigenvalue weighted by molar-refractivity contribution is 5.03. The average Bonchev–Trinajstić information content (AvgIpc) is 2.14. The third-order valence-corrected chi connectivity index (χ3v) is 1.73. The zero-order chi connectivity index (χ0) is 11.7. The summed E-state index contributed by atoms with van der Waals surface area (Å²) >= 11 is 0. The molecule has 0 saturated heterocycles. The third kappa shape index (κ3) is 9.35. The molecule has 0 aromatic heterocycles. The molecule has 0 aliphatic carbocycles. The molecule has 0 aliphatic heterocycles. The minimum atomic E-state index is -0.566. The largest absolute Gasteiger partial charge is 0.381 e. The average molecular weight is 208 g/mol. The molecule has 0 bridgehead atoms. The number of hydrogen-bond donors (Lipinski definition) is 1. The van der Waals surface area contributed by atoms with Crippen molar-refractivity contribution in [3.63, 3.8) is 0 Å². The zero-order valence-electron chi connectivity index (χ0n) is 9.79. The van der Waals surface area contributed by atoms with Gasteiger partial charge in [0.2, 0.25) is 0 Å². The molecule has 2 nitrogen and oxygen atoms in total. The van der Waals surface area contributed by atoms with Crippen LogP contribution < -0.4 is 0 Å². The number of aliphatic hydroxyl groups is 1. The molecule has 0 aliphatic rings. The van der Waals surface area contributed by atoms with Gasteiger partial charge in [-0.3, -0.25) is 0 Å². The highest BCUT2D eigenvalue weighted by Crippen LogP contribution is 2.07. The van der Waals surface area contributed by atoms with Crippen LogP contribution in [0.15, 0.2) is 0 Å². The minimum Gasteiger partial charge on any atom is -0.381 e. The second kappa shape index (κ2) is 8.36. The molecule has 0 aromatic carbocycles. The summed E-state index contributed by atoms with van der Waals surface area (Å²) in [6.07, 6.45) is 6.14. The Kier molecular flexibility index (Phi) is 7.82. The van der Waals surface area contributed by atoms with Gasteiger partial charge in [-0.25, -0.2) is 0 Å². The molecule has 0 radical (unpaired) electrons. The first kappa shape index (κ1) is 14.0. The fraction of sp³-hybridized carbons (Fsp3) is 0.692. The lowest BCUT2D eigenvalue weighted by atomic mass is 10.1. The molecule has 84 valence electrons. The number of rotatable bonds is 5. The maximum atomic E-state index is 8.88. The predicted molar refractivity (Wildman–Crippen MR) is 62.1 cm³/mol. The second-order valence-electron chi connectivity index (χ2n) is 3.90. The third-order valence-electron chi connectivity index (χ3n) is 1.73. The van der Waals surface area contributed by atoms with Gasteiger partial charge in [0.25, 0.3) is 0 Å². The van der Waals surface area contributed by atoms with Crippen LogP contribution in [0.1, 0.15) is 33.6 Å². The van der Waals surface area contributed by atoms with E-state index < -0.39 is 6.10 Å². The molecule has 0 spiro atoms. The van der Waals surface area contributed by atoms with Gasteiger partial charge in [0, 0.05) is 6.42 Å². The summed E-state index contributed by atoms with van der Waals surface area (Å²) in [7, 11) is 0. The van der Waals surface area contributed by atoms with Crippen LogP contribution in [-0.4, -0.2) is 23.9 Å².